The van der Waals surface area contributed by atoms with E-state index in [-0.39, 0.29) is 15.9 Å². The maximum atomic E-state index is 13.6. The normalized spacial score (nSPS) is 12.9. The maximum absolute atomic E-state index is 13.6. The van der Waals surface area contributed by atoms with Crippen LogP contribution < -0.4 is 0 Å². The highest BCUT2D eigenvalue weighted by Crippen LogP contribution is 2.37. The lowest BCUT2D eigenvalue weighted by atomic mass is 10.1. The van der Waals surface area contributed by atoms with Gasteiger partial charge in [0.1, 0.15) is 6.07 Å². The third kappa shape index (κ3) is 4.29. The molecule has 0 amide bonds. The molecule has 0 N–H and O–H groups in total. The van der Waals surface area contributed by atoms with E-state index in [2.05, 4.69) is 4.98 Å². The monoisotopic (exact) mass is 465 g/mol. The van der Waals surface area contributed by atoms with E-state index in [0.717, 1.165) is 17.4 Å². The predicted molar refractivity (Wildman–Crippen MR) is 112 cm³/mol. The molecule has 2 aromatic heterocycles. The summed E-state index contributed by atoms with van der Waals surface area (Å²) in [7, 11) is -4.12. The Morgan fingerprint density at radius 3 is 2.52 bits per heavy atom. The van der Waals surface area contributed by atoms with Gasteiger partial charge in [0.2, 0.25) is 14.2 Å². The van der Waals surface area contributed by atoms with Gasteiger partial charge in [0.25, 0.3) is 0 Å². The lowest BCUT2D eigenvalue weighted by Gasteiger charge is -2.19. The number of nitrogens with zero attached hydrogens (tertiary/aromatic N) is 3. The van der Waals surface area contributed by atoms with Crippen LogP contribution in [0.2, 0.25) is 0 Å². The van der Waals surface area contributed by atoms with Gasteiger partial charge in [-0.1, -0.05) is 26.0 Å². The van der Waals surface area contributed by atoms with Gasteiger partial charge in [-0.25, -0.2) is 13.4 Å². The molecule has 0 fully saturated rings. The Labute approximate surface area is 182 Å². The van der Waals surface area contributed by atoms with Gasteiger partial charge in [0, 0.05) is 23.0 Å². The minimum Gasteiger partial charge on any atom is -0.317 e. The van der Waals surface area contributed by atoms with E-state index in [0.29, 0.717) is 17.0 Å². The lowest BCUT2D eigenvalue weighted by Crippen LogP contribution is -2.13. The molecule has 2 heterocycles. The molecule has 0 bridgehead atoms. The fraction of sp³-hybridized carbons (Fsp3) is 0.238. The van der Waals surface area contributed by atoms with Crippen molar-refractivity contribution in [3.05, 3.63) is 69.3 Å². The molecule has 10 heteroatoms. The molecule has 0 radical (unpaired) electrons. The third-order valence-corrected chi connectivity index (χ3v) is 7.55. The number of thiazole rings is 1. The number of nitriles is 1. The topological polar surface area (TPSA) is 75.8 Å². The van der Waals surface area contributed by atoms with Crippen LogP contribution in [0.1, 0.15) is 42.3 Å². The quantitative estimate of drug-likeness (QED) is 0.452. The van der Waals surface area contributed by atoms with Crippen molar-refractivity contribution in [3.63, 3.8) is 0 Å². The molecular formula is C21H18F3N3O2S2. The van der Waals surface area contributed by atoms with E-state index in [1.807, 2.05) is 13.8 Å². The average Bonchev–Trinajstić information content (AvgIpc) is 3.34. The van der Waals surface area contributed by atoms with Crippen molar-refractivity contribution in [3.8, 4) is 11.8 Å². The molecule has 0 saturated heterocycles. The first-order valence-corrected chi connectivity index (χ1v) is 11.5. The van der Waals surface area contributed by atoms with E-state index in [9.17, 15) is 26.9 Å². The number of allylic oxidation sites excluding steroid dienone is 1. The Kier molecular flexibility index (Phi) is 6.11. The third-order valence-electron chi connectivity index (χ3n) is 4.68. The van der Waals surface area contributed by atoms with E-state index in [1.165, 1.54) is 40.4 Å². The van der Waals surface area contributed by atoms with Crippen LogP contribution in [0.25, 0.3) is 11.8 Å². The van der Waals surface area contributed by atoms with Gasteiger partial charge in [0.05, 0.1) is 11.3 Å². The molecule has 0 unspecified atom stereocenters. The summed E-state index contributed by atoms with van der Waals surface area (Å²) < 4.78 is 67.6. The summed E-state index contributed by atoms with van der Waals surface area (Å²) in [5.41, 5.74) is 0.434. The van der Waals surface area contributed by atoms with Gasteiger partial charge in [-0.2, -0.15) is 18.4 Å². The van der Waals surface area contributed by atoms with Gasteiger partial charge in [-0.05, 0) is 42.7 Å². The number of sulfone groups is 1. The molecule has 0 aliphatic rings. The summed E-state index contributed by atoms with van der Waals surface area (Å²) in [6.07, 6.45) is -2.06. The molecule has 0 aliphatic carbocycles. The highest BCUT2D eigenvalue weighted by Gasteiger charge is 2.34. The lowest BCUT2D eigenvalue weighted by molar-refractivity contribution is -0.137. The van der Waals surface area contributed by atoms with E-state index >= 15 is 0 Å². The van der Waals surface area contributed by atoms with Gasteiger partial charge in [0.15, 0.2) is 4.91 Å². The zero-order valence-corrected chi connectivity index (χ0v) is 18.4. The van der Waals surface area contributed by atoms with E-state index < -0.39 is 26.5 Å². The summed E-state index contributed by atoms with van der Waals surface area (Å²) in [5, 5.41) is 11.0. The second kappa shape index (κ2) is 8.32. The molecule has 31 heavy (non-hydrogen) atoms. The van der Waals surface area contributed by atoms with Crippen LogP contribution in [-0.2, 0) is 16.0 Å². The first-order chi connectivity index (χ1) is 14.5. The van der Waals surface area contributed by atoms with Gasteiger partial charge in [-0.3, -0.25) is 0 Å². The molecule has 3 aromatic rings. The fourth-order valence-electron chi connectivity index (χ4n) is 3.20. The van der Waals surface area contributed by atoms with Gasteiger partial charge < -0.3 is 4.57 Å². The highest BCUT2D eigenvalue weighted by molar-refractivity contribution is 7.97. The Morgan fingerprint density at radius 1 is 1.29 bits per heavy atom. The summed E-state index contributed by atoms with van der Waals surface area (Å²) in [4.78, 5) is 3.24. The standard InChI is InChI=1S/C21H18F3N3O2S2/c1-13(2)19-11-15(10-16(12-25)31(28,29)20-26-8-9-30-20)14(3)27(19)18-7-5-4-6-17(18)21(22,23)24/h4-11,13H,1-3H3/b16-10+. The number of hydrogen-bond donors (Lipinski definition) is 0. The SMILES string of the molecule is Cc1c(/C=C(\C#N)S(=O)(=O)c2nccs2)cc(C(C)C)n1-c1ccccc1C(F)(F)F. The number of para-hydroxylation sites is 1. The van der Waals surface area contributed by atoms with Crippen LogP contribution in [0.3, 0.4) is 0 Å². The summed E-state index contributed by atoms with van der Waals surface area (Å²) in [6.45, 7) is 5.24. The smallest absolute Gasteiger partial charge is 0.317 e. The Hall–Kier alpha value is -2.90. The molecule has 0 spiro atoms. The van der Waals surface area contributed by atoms with Crippen molar-refractivity contribution in [1.29, 1.82) is 5.26 Å². The number of hydrogen-bond acceptors (Lipinski definition) is 5. The number of aromatic nitrogens is 2. The first kappa shape index (κ1) is 22.8. The molecule has 162 valence electrons. The van der Waals surface area contributed by atoms with Crippen LogP contribution in [0.5, 0.6) is 0 Å². The van der Waals surface area contributed by atoms with Crippen LogP contribution in [0, 0.1) is 18.3 Å². The average molecular weight is 466 g/mol. The van der Waals surface area contributed by atoms with Gasteiger partial charge in [-0.15, -0.1) is 11.3 Å². The molecule has 3 rings (SSSR count). The summed E-state index contributed by atoms with van der Waals surface area (Å²) >= 11 is 0.882. The Morgan fingerprint density at radius 2 is 1.97 bits per heavy atom. The minimum atomic E-state index is -4.57. The van der Waals surface area contributed by atoms with Crippen LogP contribution in [-0.4, -0.2) is 18.0 Å². The van der Waals surface area contributed by atoms with Crippen molar-refractivity contribution >= 4 is 27.3 Å². The summed E-state index contributed by atoms with van der Waals surface area (Å²) in [6, 6.07) is 8.50. The zero-order chi connectivity index (χ0) is 23.0. The van der Waals surface area contributed by atoms with Crippen LogP contribution in [0.15, 0.2) is 51.2 Å². The van der Waals surface area contributed by atoms with Crippen molar-refractivity contribution < 1.29 is 21.6 Å². The molecule has 0 saturated carbocycles. The van der Waals surface area contributed by atoms with Crippen molar-refractivity contribution in [2.45, 2.75) is 37.2 Å². The van der Waals surface area contributed by atoms with Crippen LogP contribution >= 0.6 is 11.3 Å². The second-order valence-corrected chi connectivity index (χ2v) is 10.0. The fourth-order valence-corrected chi connectivity index (χ4v) is 5.29. The van der Waals surface area contributed by atoms with Crippen molar-refractivity contribution in [2.75, 3.05) is 0 Å². The summed E-state index contributed by atoms with van der Waals surface area (Å²) in [5.74, 6) is -0.164. The molecule has 5 nitrogen and oxygen atoms in total. The van der Waals surface area contributed by atoms with Crippen LogP contribution in [0.4, 0.5) is 13.2 Å². The molecule has 0 aliphatic heterocycles. The van der Waals surface area contributed by atoms with E-state index in [4.69, 9.17) is 0 Å². The second-order valence-electron chi connectivity index (χ2n) is 7.04. The number of benzene rings is 1. The Balaban J connectivity index is 2.26. The number of rotatable bonds is 5. The molecule has 1 aromatic carbocycles. The minimum absolute atomic E-state index is 0.0582. The largest absolute Gasteiger partial charge is 0.418 e. The van der Waals surface area contributed by atoms with Gasteiger partial charge >= 0.3 is 6.18 Å². The van der Waals surface area contributed by atoms with Crippen molar-refractivity contribution in [2.24, 2.45) is 0 Å². The predicted octanol–water partition coefficient (Wildman–Crippen LogP) is 5.72. The van der Waals surface area contributed by atoms with E-state index in [1.54, 1.807) is 19.1 Å². The molecular weight excluding hydrogens is 447 g/mol. The maximum Gasteiger partial charge on any atom is 0.418 e. The molecule has 0 atom stereocenters. The first-order valence-electron chi connectivity index (χ1n) is 9.13. The highest BCUT2D eigenvalue weighted by atomic mass is 32.2. The number of alkyl halides is 3. The van der Waals surface area contributed by atoms with Crippen molar-refractivity contribution in [1.82, 2.24) is 9.55 Å². The zero-order valence-electron chi connectivity index (χ0n) is 16.8. The Bertz CT molecular complexity index is 1280. The number of halogens is 3.